The number of hydrogen-bond acceptors (Lipinski definition) is 3. The molecule has 5 nitrogen and oxygen atoms in total. The van der Waals surface area contributed by atoms with Gasteiger partial charge < -0.3 is 5.32 Å². The molecular weight excluding hydrogens is 395 g/mol. The monoisotopic (exact) mass is 402 g/mol. The maximum atomic E-state index is 12.1. The molecule has 0 saturated heterocycles. The number of hydrogen-bond donors (Lipinski definition) is 1. The molecule has 0 saturated carbocycles. The summed E-state index contributed by atoms with van der Waals surface area (Å²) in [5.41, 5.74) is 0.659. The number of nitrogens with one attached hydrogen (secondary N) is 1. The van der Waals surface area contributed by atoms with Gasteiger partial charge in [0.25, 0.3) is 11.6 Å². The fourth-order valence-corrected chi connectivity index (χ4v) is 2.34. The standard InChI is InChI=1S/C13H8ClIN2O3/c14-8-2-1-3-9(6-8)16-13(18)11-7-10(17(19)20)4-5-12(11)15/h1-7H,(H,16,18). The third-order valence-corrected chi connectivity index (χ3v) is 3.66. The lowest BCUT2D eigenvalue weighted by Crippen LogP contribution is -2.13. The number of nitro groups is 1. The van der Waals surface area contributed by atoms with E-state index in [2.05, 4.69) is 5.32 Å². The predicted molar refractivity (Wildman–Crippen MR) is 85.2 cm³/mol. The Bertz CT molecular complexity index is 691. The van der Waals surface area contributed by atoms with E-state index in [1.54, 1.807) is 24.3 Å². The molecule has 1 amide bonds. The molecule has 0 aliphatic carbocycles. The minimum atomic E-state index is -0.535. The molecule has 0 atom stereocenters. The highest BCUT2D eigenvalue weighted by atomic mass is 127. The first-order chi connectivity index (χ1) is 9.47. The summed E-state index contributed by atoms with van der Waals surface area (Å²) in [6.07, 6.45) is 0. The van der Waals surface area contributed by atoms with Gasteiger partial charge in [0.15, 0.2) is 0 Å². The Morgan fingerprint density at radius 2 is 2.00 bits per heavy atom. The fraction of sp³-hybridized carbons (Fsp3) is 0. The van der Waals surface area contributed by atoms with Crippen molar-refractivity contribution in [2.75, 3.05) is 5.32 Å². The Morgan fingerprint density at radius 1 is 1.25 bits per heavy atom. The van der Waals surface area contributed by atoms with Crippen molar-refractivity contribution in [3.05, 3.63) is 66.7 Å². The van der Waals surface area contributed by atoms with Crippen LogP contribution in [0.1, 0.15) is 10.4 Å². The van der Waals surface area contributed by atoms with Crippen LogP contribution in [0, 0.1) is 13.7 Å². The van der Waals surface area contributed by atoms with Gasteiger partial charge in [-0.05, 0) is 46.9 Å². The molecule has 2 aromatic rings. The molecule has 0 bridgehead atoms. The van der Waals surface area contributed by atoms with E-state index in [4.69, 9.17) is 11.6 Å². The van der Waals surface area contributed by atoms with Crippen LogP contribution < -0.4 is 5.32 Å². The Kier molecular flexibility index (Phi) is 4.56. The van der Waals surface area contributed by atoms with Gasteiger partial charge in [0.1, 0.15) is 0 Å². The topological polar surface area (TPSA) is 72.2 Å². The van der Waals surface area contributed by atoms with Gasteiger partial charge in [-0.15, -0.1) is 0 Å². The highest BCUT2D eigenvalue weighted by molar-refractivity contribution is 14.1. The van der Waals surface area contributed by atoms with E-state index < -0.39 is 10.8 Å². The van der Waals surface area contributed by atoms with Crippen molar-refractivity contribution >= 4 is 51.5 Å². The van der Waals surface area contributed by atoms with Crippen molar-refractivity contribution in [3.8, 4) is 0 Å². The highest BCUT2D eigenvalue weighted by Gasteiger charge is 2.15. The molecule has 7 heteroatoms. The quantitative estimate of drug-likeness (QED) is 0.477. The molecule has 0 unspecified atom stereocenters. The normalized spacial score (nSPS) is 10.1. The second-order valence-electron chi connectivity index (χ2n) is 3.89. The van der Waals surface area contributed by atoms with E-state index >= 15 is 0 Å². The predicted octanol–water partition coefficient (Wildman–Crippen LogP) is 4.11. The van der Waals surface area contributed by atoms with Gasteiger partial charge in [-0.3, -0.25) is 14.9 Å². The fourth-order valence-electron chi connectivity index (χ4n) is 1.57. The van der Waals surface area contributed by atoms with Crippen LogP contribution in [0.25, 0.3) is 0 Å². The minimum absolute atomic E-state index is 0.123. The van der Waals surface area contributed by atoms with Crippen LogP contribution in [0.3, 0.4) is 0 Å². The van der Waals surface area contributed by atoms with E-state index in [1.165, 1.54) is 18.2 Å². The zero-order valence-electron chi connectivity index (χ0n) is 9.97. The second kappa shape index (κ2) is 6.19. The number of anilines is 1. The van der Waals surface area contributed by atoms with E-state index in [9.17, 15) is 14.9 Å². The van der Waals surface area contributed by atoms with Gasteiger partial charge in [-0.1, -0.05) is 17.7 Å². The number of amides is 1. The van der Waals surface area contributed by atoms with Crippen LogP contribution in [-0.2, 0) is 0 Å². The zero-order valence-corrected chi connectivity index (χ0v) is 12.9. The summed E-state index contributed by atoms with van der Waals surface area (Å²) >= 11 is 7.79. The van der Waals surface area contributed by atoms with Gasteiger partial charge >= 0.3 is 0 Å². The Morgan fingerprint density at radius 3 is 2.65 bits per heavy atom. The molecule has 0 spiro atoms. The van der Waals surface area contributed by atoms with Crippen molar-refractivity contribution in [1.82, 2.24) is 0 Å². The number of benzene rings is 2. The number of carbonyl (C=O) groups excluding carboxylic acids is 1. The Labute approximate surface area is 133 Å². The molecular formula is C13H8ClIN2O3. The summed E-state index contributed by atoms with van der Waals surface area (Å²) < 4.78 is 0.632. The van der Waals surface area contributed by atoms with Crippen LogP contribution in [0.4, 0.5) is 11.4 Å². The first-order valence-electron chi connectivity index (χ1n) is 5.48. The molecule has 0 heterocycles. The maximum Gasteiger partial charge on any atom is 0.270 e. The molecule has 2 aromatic carbocycles. The van der Waals surface area contributed by atoms with Crippen molar-refractivity contribution in [2.45, 2.75) is 0 Å². The summed E-state index contributed by atoms with van der Waals surface area (Å²) in [6.45, 7) is 0. The summed E-state index contributed by atoms with van der Waals surface area (Å²) in [4.78, 5) is 22.3. The lowest BCUT2D eigenvalue weighted by Gasteiger charge is -2.07. The molecule has 102 valence electrons. The van der Waals surface area contributed by atoms with Gasteiger partial charge in [0, 0.05) is 26.4 Å². The van der Waals surface area contributed by atoms with Gasteiger partial charge in [-0.2, -0.15) is 0 Å². The largest absolute Gasteiger partial charge is 0.322 e. The third-order valence-electron chi connectivity index (χ3n) is 2.49. The van der Waals surface area contributed by atoms with Crippen LogP contribution in [0.5, 0.6) is 0 Å². The van der Waals surface area contributed by atoms with E-state index in [0.29, 0.717) is 14.3 Å². The van der Waals surface area contributed by atoms with E-state index in [-0.39, 0.29) is 11.3 Å². The molecule has 0 aliphatic rings. The number of halogens is 2. The number of rotatable bonds is 3. The maximum absolute atomic E-state index is 12.1. The number of carbonyl (C=O) groups is 1. The van der Waals surface area contributed by atoms with Gasteiger partial charge in [-0.25, -0.2) is 0 Å². The third kappa shape index (κ3) is 3.45. The summed E-state index contributed by atoms with van der Waals surface area (Å²) in [7, 11) is 0. The average molecular weight is 403 g/mol. The first-order valence-corrected chi connectivity index (χ1v) is 6.94. The van der Waals surface area contributed by atoms with Crippen LogP contribution in [0.2, 0.25) is 5.02 Å². The first kappa shape index (κ1) is 14.7. The van der Waals surface area contributed by atoms with E-state index in [0.717, 1.165) is 0 Å². The van der Waals surface area contributed by atoms with Crippen molar-refractivity contribution in [2.24, 2.45) is 0 Å². The highest BCUT2D eigenvalue weighted by Crippen LogP contribution is 2.21. The molecule has 0 aromatic heterocycles. The second-order valence-corrected chi connectivity index (χ2v) is 5.48. The number of non-ortho nitro benzene ring substituents is 1. The Balaban J connectivity index is 2.29. The smallest absolute Gasteiger partial charge is 0.270 e. The zero-order chi connectivity index (χ0) is 14.7. The lowest BCUT2D eigenvalue weighted by molar-refractivity contribution is -0.384. The lowest BCUT2D eigenvalue weighted by atomic mass is 10.2. The molecule has 20 heavy (non-hydrogen) atoms. The average Bonchev–Trinajstić information content (AvgIpc) is 2.38. The summed E-state index contributed by atoms with van der Waals surface area (Å²) in [5.74, 6) is -0.416. The Hall–Kier alpha value is -1.67. The molecule has 0 aliphatic heterocycles. The summed E-state index contributed by atoms with van der Waals surface area (Å²) in [5, 5.41) is 13.9. The van der Waals surface area contributed by atoms with Crippen LogP contribution in [0.15, 0.2) is 42.5 Å². The number of nitrogens with zero attached hydrogens (tertiary/aromatic N) is 1. The van der Waals surface area contributed by atoms with Crippen molar-refractivity contribution < 1.29 is 9.72 Å². The summed E-state index contributed by atoms with van der Waals surface area (Å²) in [6, 6.07) is 10.8. The molecule has 0 fully saturated rings. The molecule has 2 rings (SSSR count). The van der Waals surface area contributed by atoms with Crippen LogP contribution >= 0.6 is 34.2 Å². The van der Waals surface area contributed by atoms with Crippen LogP contribution in [-0.4, -0.2) is 10.8 Å². The molecule has 0 radical (unpaired) electrons. The van der Waals surface area contributed by atoms with Crippen molar-refractivity contribution in [1.29, 1.82) is 0 Å². The van der Waals surface area contributed by atoms with Gasteiger partial charge in [0.2, 0.25) is 0 Å². The SMILES string of the molecule is O=C(Nc1cccc(Cl)c1)c1cc([N+](=O)[O-])ccc1I. The van der Waals surface area contributed by atoms with Crippen molar-refractivity contribution in [3.63, 3.8) is 0 Å². The minimum Gasteiger partial charge on any atom is -0.322 e. The molecule has 1 N–H and O–H groups in total. The van der Waals surface area contributed by atoms with E-state index in [1.807, 2.05) is 22.6 Å². The number of nitro benzene ring substituents is 1. The van der Waals surface area contributed by atoms with Gasteiger partial charge in [0.05, 0.1) is 10.5 Å².